The number of nitrogens with zero attached hydrogens (tertiary/aromatic N) is 1. The monoisotopic (exact) mass is 444 g/mol. The number of hydrogen-bond donors (Lipinski definition) is 1. The minimum absolute atomic E-state index is 0.299. The first-order valence-electron chi connectivity index (χ1n) is 8.27. The van der Waals surface area contributed by atoms with Gasteiger partial charge in [0.15, 0.2) is 5.58 Å². The molecule has 0 saturated carbocycles. The first kappa shape index (κ1) is 20.3. The number of amides is 1. The number of hydrogen-bond acceptors (Lipinski definition) is 3. The van der Waals surface area contributed by atoms with Crippen LogP contribution in [0.2, 0.25) is 5.02 Å². The molecule has 0 radical (unpaired) electrons. The molecule has 1 aromatic heterocycles. The van der Waals surface area contributed by atoms with Crippen molar-refractivity contribution in [3.8, 4) is 11.5 Å². The third-order valence-corrected chi connectivity index (χ3v) is 5.16. The second-order valence-electron chi connectivity index (χ2n) is 6.20. The van der Waals surface area contributed by atoms with Crippen LogP contribution in [0.1, 0.15) is 31.7 Å². The fourth-order valence-electron chi connectivity index (χ4n) is 2.56. The van der Waals surface area contributed by atoms with E-state index in [4.69, 9.17) is 50.8 Å². The van der Waals surface area contributed by atoms with Crippen molar-refractivity contribution in [3.05, 3.63) is 47.0 Å². The van der Waals surface area contributed by atoms with Gasteiger partial charge in [0, 0.05) is 5.56 Å². The summed E-state index contributed by atoms with van der Waals surface area (Å²) in [5.74, 6) is 0.0449. The van der Waals surface area contributed by atoms with Gasteiger partial charge in [-0.3, -0.25) is 4.79 Å². The second kappa shape index (κ2) is 7.88. The Labute approximate surface area is 176 Å². The number of benzene rings is 2. The van der Waals surface area contributed by atoms with Crippen LogP contribution in [0.5, 0.6) is 0 Å². The van der Waals surface area contributed by atoms with E-state index in [2.05, 4.69) is 24.1 Å². The molecule has 1 N–H and O–H groups in total. The summed E-state index contributed by atoms with van der Waals surface area (Å²) in [6, 6.07) is 11.0. The minimum atomic E-state index is -2.09. The van der Waals surface area contributed by atoms with Crippen LogP contribution in [0.25, 0.3) is 22.6 Å². The van der Waals surface area contributed by atoms with Gasteiger partial charge in [0.25, 0.3) is 9.70 Å². The number of nitrogens with one attached hydrogen (secondary N) is 1. The van der Waals surface area contributed by atoms with Gasteiger partial charge in [-0.15, -0.1) is 0 Å². The molecule has 0 aliphatic carbocycles. The Balaban J connectivity index is 1.96. The van der Waals surface area contributed by atoms with Gasteiger partial charge in [-0.05, 0) is 48.2 Å². The van der Waals surface area contributed by atoms with Crippen LogP contribution in [-0.4, -0.2) is 14.7 Å². The fourth-order valence-corrected chi connectivity index (χ4v) is 2.86. The highest BCUT2D eigenvalue weighted by atomic mass is 35.6. The second-order valence-corrected chi connectivity index (χ2v) is 8.89. The van der Waals surface area contributed by atoms with Crippen LogP contribution in [0.15, 0.2) is 40.8 Å². The summed E-state index contributed by atoms with van der Waals surface area (Å²) in [6.07, 6.45) is 1.04. The van der Waals surface area contributed by atoms with Crippen LogP contribution in [0.4, 0.5) is 5.69 Å². The highest BCUT2D eigenvalue weighted by molar-refractivity contribution is 6.76. The molecule has 1 amide bonds. The average molecular weight is 446 g/mol. The molecule has 0 spiro atoms. The molecule has 4 nitrogen and oxygen atoms in total. The van der Waals surface area contributed by atoms with Crippen LogP contribution >= 0.6 is 46.4 Å². The molecule has 1 unspecified atom stereocenters. The smallest absolute Gasteiger partial charge is 0.276 e. The van der Waals surface area contributed by atoms with E-state index in [1.807, 2.05) is 18.2 Å². The average Bonchev–Trinajstić information content (AvgIpc) is 3.05. The summed E-state index contributed by atoms with van der Waals surface area (Å²) in [7, 11) is 0. The van der Waals surface area contributed by atoms with E-state index in [9.17, 15) is 4.79 Å². The maximum absolute atomic E-state index is 11.9. The van der Waals surface area contributed by atoms with Crippen molar-refractivity contribution < 1.29 is 9.21 Å². The standard InChI is InChI=1S/C19H16Cl4N2O2/c1-3-10(2)11-5-7-16-15(8-11)24-17(27-16)12-4-6-13(20)14(9-12)25-18(26)19(21,22)23/h4-10H,3H2,1-2H3,(H,25,26). The normalized spacial score (nSPS) is 13.0. The Kier molecular flexibility index (Phi) is 5.92. The first-order chi connectivity index (χ1) is 12.7. The summed E-state index contributed by atoms with van der Waals surface area (Å²) in [4.78, 5) is 16.5. The predicted octanol–water partition coefficient (Wildman–Crippen LogP) is 6.97. The van der Waals surface area contributed by atoms with Crippen molar-refractivity contribution in [2.75, 3.05) is 5.32 Å². The topological polar surface area (TPSA) is 55.1 Å². The molecule has 0 aliphatic rings. The molecule has 142 valence electrons. The van der Waals surface area contributed by atoms with Gasteiger partial charge in [-0.2, -0.15) is 0 Å². The largest absolute Gasteiger partial charge is 0.436 e. The summed E-state index contributed by atoms with van der Waals surface area (Å²) >= 11 is 22.9. The lowest BCUT2D eigenvalue weighted by atomic mass is 9.98. The Bertz CT molecular complexity index is 995. The van der Waals surface area contributed by atoms with Crippen molar-refractivity contribution in [1.82, 2.24) is 4.98 Å². The lowest BCUT2D eigenvalue weighted by Crippen LogP contribution is -2.27. The number of oxazole rings is 1. The maximum Gasteiger partial charge on any atom is 0.276 e. The minimum Gasteiger partial charge on any atom is -0.436 e. The SMILES string of the molecule is CCC(C)c1ccc2oc(-c3ccc(Cl)c(NC(=O)C(Cl)(Cl)Cl)c3)nc2c1. The molecular formula is C19H16Cl4N2O2. The Morgan fingerprint density at radius 3 is 2.63 bits per heavy atom. The van der Waals surface area contributed by atoms with E-state index >= 15 is 0 Å². The summed E-state index contributed by atoms with van der Waals surface area (Å²) in [5.41, 5.74) is 3.59. The molecule has 0 fully saturated rings. The molecule has 1 atom stereocenters. The van der Waals surface area contributed by atoms with Crippen molar-refractivity contribution in [2.24, 2.45) is 0 Å². The zero-order valence-corrected chi connectivity index (χ0v) is 17.5. The molecule has 27 heavy (non-hydrogen) atoms. The van der Waals surface area contributed by atoms with Crippen molar-refractivity contribution in [2.45, 2.75) is 30.0 Å². The lowest BCUT2D eigenvalue weighted by Gasteiger charge is -2.13. The predicted molar refractivity (Wildman–Crippen MR) is 112 cm³/mol. The number of fused-ring (bicyclic) bond motifs is 1. The fraction of sp³-hybridized carbons (Fsp3) is 0.263. The van der Waals surface area contributed by atoms with Crippen LogP contribution in [0.3, 0.4) is 0 Å². The van der Waals surface area contributed by atoms with E-state index < -0.39 is 9.70 Å². The van der Waals surface area contributed by atoms with Crippen LogP contribution in [-0.2, 0) is 4.79 Å². The van der Waals surface area contributed by atoms with Crippen molar-refractivity contribution >= 4 is 69.1 Å². The van der Waals surface area contributed by atoms with Gasteiger partial charge in [-0.25, -0.2) is 4.98 Å². The molecule has 8 heteroatoms. The molecule has 3 aromatic rings. The van der Waals surface area contributed by atoms with Gasteiger partial charge in [0.05, 0.1) is 10.7 Å². The van der Waals surface area contributed by atoms with E-state index in [0.29, 0.717) is 33.7 Å². The number of anilines is 1. The number of carbonyl (C=O) groups is 1. The number of alkyl halides is 3. The van der Waals surface area contributed by atoms with Crippen LogP contribution < -0.4 is 5.32 Å². The molecule has 0 bridgehead atoms. The van der Waals surface area contributed by atoms with E-state index in [1.165, 1.54) is 5.56 Å². The van der Waals surface area contributed by atoms with Crippen LogP contribution in [0, 0.1) is 0 Å². The maximum atomic E-state index is 11.9. The molecule has 0 aliphatic heterocycles. The zero-order valence-electron chi connectivity index (χ0n) is 14.5. The quantitative estimate of drug-likeness (QED) is 0.441. The Hall–Kier alpha value is -1.46. The molecular weight excluding hydrogens is 430 g/mol. The van der Waals surface area contributed by atoms with Gasteiger partial charge in [-0.1, -0.05) is 66.3 Å². The summed E-state index contributed by atoms with van der Waals surface area (Å²) in [6.45, 7) is 4.31. The van der Waals surface area contributed by atoms with E-state index in [-0.39, 0.29) is 0 Å². The molecule has 2 aromatic carbocycles. The first-order valence-corrected chi connectivity index (χ1v) is 9.78. The third kappa shape index (κ3) is 4.52. The van der Waals surface area contributed by atoms with Gasteiger partial charge in [0.1, 0.15) is 5.52 Å². The van der Waals surface area contributed by atoms with Gasteiger partial charge in [0.2, 0.25) is 5.89 Å². The summed E-state index contributed by atoms with van der Waals surface area (Å²) in [5, 5.41) is 2.79. The van der Waals surface area contributed by atoms with Crippen molar-refractivity contribution in [3.63, 3.8) is 0 Å². The zero-order chi connectivity index (χ0) is 19.8. The number of carbonyl (C=O) groups excluding carboxylic acids is 1. The molecule has 3 rings (SSSR count). The Morgan fingerprint density at radius 1 is 1.22 bits per heavy atom. The lowest BCUT2D eigenvalue weighted by molar-refractivity contribution is -0.115. The van der Waals surface area contributed by atoms with Gasteiger partial charge >= 0.3 is 0 Å². The number of aromatic nitrogens is 1. The van der Waals surface area contributed by atoms with Gasteiger partial charge < -0.3 is 9.73 Å². The van der Waals surface area contributed by atoms with E-state index in [1.54, 1.807) is 18.2 Å². The third-order valence-electron chi connectivity index (χ3n) is 4.31. The molecule has 1 heterocycles. The van der Waals surface area contributed by atoms with E-state index in [0.717, 1.165) is 11.9 Å². The van der Waals surface area contributed by atoms with Crippen molar-refractivity contribution in [1.29, 1.82) is 0 Å². The summed E-state index contributed by atoms with van der Waals surface area (Å²) < 4.78 is 3.75. The number of rotatable bonds is 4. The highest BCUT2D eigenvalue weighted by Crippen LogP contribution is 2.34. The highest BCUT2D eigenvalue weighted by Gasteiger charge is 2.31. The molecule has 0 saturated heterocycles. The Morgan fingerprint density at radius 2 is 1.96 bits per heavy atom. The number of halogens is 4.